The first-order valence-corrected chi connectivity index (χ1v) is 5.22. The maximum atomic E-state index is 5.56. The lowest BCUT2D eigenvalue weighted by molar-refractivity contribution is -0.121. The van der Waals surface area contributed by atoms with E-state index < -0.39 is 0 Å². The quantitative estimate of drug-likeness (QED) is 0.712. The fraction of sp³-hybridized carbons (Fsp3) is 0.500. The largest absolute Gasteiger partial charge is 0.488 e. The topological polar surface area (TPSA) is 39.7 Å². The Kier molecular flexibility index (Phi) is 5.85. The molecule has 0 unspecified atom stereocenters. The zero-order valence-electron chi connectivity index (χ0n) is 10.0. The van der Waals surface area contributed by atoms with Crippen LogP contribution in [0, 0.1) is 0 Å². The van der Waals surface area contributed by atoms with E-state index in [0.717, 1.165) is 12.3 Å². The molecule has 90 valence electrons. The highest BCUT2D eigenvalue weighted by molar-refractivity contribution is 5.28. The van der Waals surface area contributed by atoms with E-state index in [4.69, 9.17) is 14.2 Å². The Balaban J connectivity index is 2.49. The van der Waals surface area contributed by atoms with Gasteiger partial charge in [-0.2, -0.15) is 0 Å². The molecular formula is C12H19NO3. The fourth-order valence-electron chi connectivity index (χ4n) is 1.35. The summed E-state index contributed by atoms with van der Waals surface area (Å²) in [6.45, 7) is 1.21. The van der Waals surface area contributed by atoms with Crippen molar-refractivity contribution in [1.82, 2.24) is 5.32 Å². The van der Waals surface area contributed by atoms with Crippen molar-refractivity contribution in [3.8, 4) is 5.75 Å². The van der Waals surface area contributed by atoms with Crippen LogP contribution in [0.2, 0.25) is 0 Å². The second-order valence-corrected chi connectivity index (χ2v) is 3.39. The van der Waals surface area contributed by atoms with Gasteiger partial charge in [-0.3, -0.25) is 0 Å². The molecule has 0 radical (unpaired) electrons. The molecule has 4 heteroatoms. The molecule has 0 heterocycles. The highest BCUT2D eigenvalue weighted by atomic mass is 16.7. The molecule has 0 spiro atoms. The first-order chi connectivity index (χ1) is 7.80. The Bertz CT molecular complexity index is 300. The third kappa shape index (κ3) is 4.18. The van der Waals surface area contributed by atoms with Crippen LogP contribution in [0.15, 0.2) is 24.3 Å². The van der Waals surface area contributed by atoms with Crippen LogP contribution in [0.1, 0.15) is 5.56 Å². The zero-order valence-corrected chi connectivity index (χ0v) is 10.0. The van der Waals surface area contributed by atoms with Gasteiger partial charge in [-0.05, 0) is 24.7 Å². The highest BCUT2D eigenvalue weighted by Gasteiger charge is 2.05. The molecule has 0 aliphatic carbocycles. The lowest BCUT2D eigenvalue weighted by Gasteiger charge is -2.14. The van der Waals surface area contributed by atoms with Gasteiger partial charge in [-0.1, -0.05) is 12.1 Å². The predicted molar refractivity (Wildman–Crippen MR) is 62.5 cm³/mol. The summed E-state index contributed by atoms with van der Waals surface area (Å²) in [5.41, 5.74) is 1.19. The van der Waals surface area contributed by atoms with E-state index in [1.165, 1.54) is 5.56 Å². The molecule has 0 saturated carbocycles. The molecule has 0 bridgehead atoms. The molecule has 1 N–H and O–H groups in total. The maximum Gasteiger partial charge on any atom is 0.191 e. The molecule has 0 amide bonds. The van der Waals surface area contributed by atoms with Gasteiger partial charge in [0.2, 0.25) is 0 Å². The lowest BCUT2D eigenvalue weighted by atomic mass is 10.2. The maximum absolute atomic E-state index is 5.56. The number of hydrogen-bond acceptors (Lipinski definition) is 4. The number of rotatable bonds is 7. The molecule has 0 aromatic heterocycles. The molecule has 1 rings (SSSR count). The standard InChI is InChI=1S/C12H19NO3/c1-13-8-10-5-4-6-11(7-10)16-9-12(14-2)15-3/h4-7,12-13H,8-9H2,1-3H3. The smallest absolute Gasteiger partial charge is 0.191 e. The molecule has 1 aromatic rings. The van der Waals surface area contributed by atoms with Gasteiger partial charge in [0, 0.05) is 20.8 Å². The van der Waals surface area contributed by atoms with Gasteiger partial charge in [-0.15, -0.1) is 0 Å². The Morgan fingerprint density at radius 3 is 2.62 bits per heavy atom. The minimum absolute atomic E-state index is 0.326. The van der Waals surface area contributed by atoms with Gasteiger partial charge in [0.05, 0.1) is 0 Å². The average molecular weight is 225 g/mol. The molecule has 0 saturated heterocycles. The van der Waals surface area contributed by atoms with Crippen LogP contribution in [-0.4, -0.2) is 34.2 Å². The lowest BCUT2D eigenvalue weighted by Crippen LogP contribution is -2.22. The van der Waals surface area contributed by atoms with Gasteiger partial charge in [-0.25, -0.2) is 0 Å². The summed E-state index contributed by atoms with van der Waals surface area (Å²) in [6, 6.07) is 7.94. The summed E-state index contributed by atoms with van der Waals surface area (Å²) in [5.74, 6) is 0.826. The molecule has 1 aromatic carbocycles. The minimum Gasteiger partial charge on any atom is -0.488 e. The molecule has 16 heavy (non-hydrogen) atoms. The second-order valence-electron chi connectivity index (χ2n) is 3.39. The van der Waals surface area contributed by atoms with Crippen LogP contribution in [0.5, 0.6) is 5.75 Å². The van der Waals surface area contributed by atoms with Gasteiger partial charge in [0.15, 0.2) is 6.29 Å². The van der Waals surface area contributed by atoms with Crippen LogP contribution in [0.4, 0.5) is 0 Å². The van der Waals surface area contributed by atoms with Crippen LogP contribution in [0.25, 0.3) is 0 Å². The van der Waals surface area contributed by atoms with Crippen molar-refractivity contribution in [2.75, 3.05) is 27.9 Å². The second kappa shape index (κ2) is 7.22. The van der Waals surface area contributed by atoms with E-state index in [1.807, 2.05) is 31.3 Å². The average Bonchev–Trinajstić information content (AvgIpc) is 2.31. The Morgan fingerprint density at radius 2 is 2.00 bits per heavy atom. The van der Waals surface area contributed by atoms with Gasteiger partial charge >= 0.3 is 0 Å². The van der Waals surface area contributed by atoms with E-state index in [1.54, 1.807) is 14.2 Å². The summed E-state index contributed by atoms with van der Waals surface area (Å²) in [4.78, 5) is 0. The highest BCUT2D eigenvalue weighted by Crippen LogP contribution is 2.13. The first-order valence-electron chi connectivity index (χ1n) is 5.22. The van der Waals surface area contributed by atoms with Gasteiger partial charge in [0.1, 0.15) is 12.4 Å². The number of ether oxygens (including phenoxy) is 3. The molecular weight excluding hydrogens is 206 g/mol. The van der Waals surface area contributed by atoms with Crippen molar-refractivity contribution in [2.45, 2.75) is 12.8 Å². The Morgan fingerprint density at radius 1 is 1.25 bits per heavy atom. The van der Waals surface area contributed by atoms with Crippen molar-refractivity contribution in [2.24, 2.45) is 0 Å². The fourth-order valence-corrected chi connectivity index (χ4v) is 1.35. The molecule has 0 aliphatic heterocycles. The number of hydrogen-bond donors (Lipinski definition) is 1. The Hall–Kier alpha value is -1.10. The summed E-state index contributed by atoms with van der Waals surface area (Å²) in [6.07, 6.45) is -0.326. The van der Waals surface area contributed by atoms with Crippen LogP contribution >= 0.6 is 0 Å². The minimum atomic E-state index is -0.326. The van der Waals surface area contributed by atoms with Crippen molar-refractivity contribution in [1.29, 1.82) is 0 Å². The van der Waals surface area contributed by atoms with E-state index in [9.17, 15) is 0 Å². The van der Waals surface area contributed by atoms with Crippen molar-refractivity contribution >= 4 is 0 Å². The van der Waals surface area contributed by atoms with Crippen LogP contribution in [0.3, 0.4) is 0 Å². The monoisotopic (exact) mass is 225 g/mol. The zero-order chi connectivity index (χ0) is 11.8. The summed E-state index contributed by atoms with van der Waals surface area (Å²) >= 11 is 0. The van der Waals surface area contributed by atoms with E-state index >= 15 is 0 Å². The van der Waals surface area contributed by atoms with Gasteiger partial charge in [0.25, 0.3) is 0 Å². The summed E-state index contributed by atoms with van der Waals surface area (Å²) in [7, 11) is 5.10. The summed E-state index contributed by atoms with van der Waals surface area (Å²) < 4.78 is 15.6. The number of methoxy groups -OCH3 is 2. The first kappa shape index (κ1) is 13.0. The van der Waals surface area contributed by atoms with E-state index in [-0.39, 0.29) is 6.29 Å². The third-order valence-electron chi connectivity index (χ3n) is 2.19. The van der Waals surface area contributed by atoms with E-state index in [2.05, 4.69) is 5.32 Å². The third-order valence-corrected chi connectivity index (χ3v) is 2.19. The van der Waals surface area contributed by atoms with Crippen molar-refractivity contribution in [3.63, 3.8) is 0 Å². The molecule has 0 aliphatic rings. The number of nitrogens with one attached hydrogen (secondary N) is 1. The van der Waals surface area contributed by atoms with Crippen LogP contribution in [-0.2, 0) is 16.0 Å². The molecule has 4 nitrogen and oxygen atoms in total. The molecule has 0 fully saturated rings. The van der Waals surface area contributed by atoms with E-state index in [0.29, 0.717) is 6.61 Å². The predicted octanol–water partition coefficient (Wildman–Crippen LogP) is 1.40. The van der Waals surface area contributed by atoms with Crippen LogP contribution < -0.4 is 10.1 Å². The molecule has 0 atom stereocenters. The van der Waals surface area contributed by atoms with Crippen molar-refractivity contribution < 1.29 is 14.2 Å². The number of benzene rings is 1. The van der Waals surface area contributed by atoms with Crippen molar-refractivity contribution in [3.05, 3.63) is 29.8 Å². The van der Waals surface area contributed by atoms with Gasteiger partial charge < -0.3 is 19.5 Å². The Labute approximate surface area is 96.5 Å². The SMILES string of the molecule is CNCc1cccc(OCC(OC)OC)c1. The normalized spacial score (nSPS) is 10.8. The summed E-state index contributed by atoms with van der Waals surface area (Å²) in [5, 5.41) is 3.09.